The lowest BCUT2D eigenvalue weighted by atomic mass is 10.0. The van der Waals surface area contributed by atoms with E-state index in [-0.39, 0.29) is 11.5 Å². The third-order valence-electron chi connectivity index (χ3n) is 4.44. The summed E-state index contributed by atoms with van der Waals surface area (Å²) in [6.45, 7) is 6.38. The highest BCUT2D eigenvalue weighted by atomic mass is 79.9. The van der Waals surface area contributed by atoms with Gasteiger partial charge in [0.05, 0.1) is 17.3 Å². The lowest BCUT2D eigenvalue weighted by molar-refractivity contribution is -0.123. The minimum Gasteiger partial charge on any atom is -0.492 e. The van der Waals surface area contributed by atoms with Gasteiger partial charge >= 0.3 is 0 Å². The van der Waals surface area contributed by atoms with E-state index in [1.165, 1.54) is 30.5 Å². The first-order valence-electron chi connectivity index (χ1n) is 10.1. The summed E-state index contributed by atoms with van der Waals surface area (Å²) >= 11 is 3.47. The summed E-state index contributed by atoms with van der Waals surface area (Å²) in [6, 6.07) is 9.84. The van der Waals surface area contributed by atoms with Gasteiger partial charge in [-0.25, -0.2) is 9.82 Å². The Bertz CT molecular complexity index is 917. The molecule has 0 radical (unpaired) electrons. The summed E-state index contributed by atoms with van der Waals surface area (Å²) in [5.74, 6) is -0.761. The van der Waals surface area contributed by atoms with E-state index in [9.17, 15) is 14.0 Å². The Morgan fingerprint density at radius 3 is 2.52 bits per heavy atom. The number of carbonyl (C=O) groups is 2. The number of unbranched alkanes of at least 4 members (excludes halogenated alkanes) is 1. The van der Waals surface area contributed by atoms with Crippen LogP contribution in [0.3, 0.4) is 0 Å². The van der Waals surface area contributed by atoms with Gasteiger partial charge in [0.15, 0.2) is 0 Å². The molecule has 31 heavy (non-hydrogen) atoms. The molecule has 2 aromatic carbocycles. The van der Waals surface area contributed by atoms with Crippen LogP contribution in [0, 0.1) is 11.7 Å². The molecule has 1 unspecified atom stereocenters. The highest BCUT2D eigenvalue weighted by Crippen LogP contribution is 2.25. The number of nitrogens with one attached hydrogen (secondary N) is 2. The summed E-state index contributed by atoms with van der Waals surface area (Å²) < 4.78 is 19.5. The number of hydrogen-bond acceptors (Lipinski definition) is 4. The van der Waals surface area contributed by atoms with Crippen molar-refractivity contribution >= 4 is 34.0 Å². The number of carbonyl (C=O) groups excluding carboxylic acids is 2. The number of benzene rings is 2. The Morgan fingerprint density at radius 2 is 1.90 bits per heavy atom. The molecule has 0 aromatic heterocycles. The third-order valence-corrected chi connectivity index (χ3v) is 5.06. The number of ether oxygens (including phenoxy) is 1. The molecule has 0 aliphatic heterocycles. The van der Waals surface area contributed by atoms with Crippen molar-refractivity contribution in [3.05, 3.63) is 63.9 Å². The topological polar surface area (TPSA) is 79.8 Å². The predicted octanol–water partition coefficient (Wildman–Crippen LogP) is 4.67. The summed E-state index contributed by atoms with van der Waals surface area (Å²) in [5, 5.41) is 6.67. The number of nitrogens with zero attached hydrogens (tertiary/aromatic N) is 1. The molecule has 0 saturated carbocycles. The summed E-state index contributed by atoms with van der Waals surface area (Å²) in [5.41, 5.74) is 3.51. The van der Waals surface area contributed by atoms with Crippen LogP contribution in [0.1, 0.15) is 49.5 Å². The van der Waals surface area contributed by atoms with Crippen LogP contribution >= 0.6 is 15.9 Å². The SMILES string of the molecule is CCCCOc1ccc(/C=N/NC(=O)C(NC(=O)c2ccc(F)cc2)C(C)C)cc1Br. The molecule has 0 aliphatic carbocycles. The number of rotatable bonds is 10. The maximum Gasteiger partial charge on any atom is 0.262 e. The normalized spacial score (nSPS) is 12.1. The second-order valence-corrected chi connectivity index (χ2v) is 8.18. The number of hydrogen-bond donors (Lipinski definition) is 2. The first-order chi connectivity index (χ1) is 14.8. The first-order valence-corrected chi connectivity index (χ1v) is 10.9. The van der Waals surface area contributed by atoms with Crippen LogP contribution in [0.5, 0.6) is 5.75 Å². The molecule has 2 aromatic rings. The van der Waals surface area contributed by atoms with Crippen LogP contribution in [0.2, 0.25) is 0 Å². The predicted molar refractivity (Wildman–Crippen MR) is 123 cm³/mol. The molecule has 0 aliphatic rings. The van der Waals surface area contributed by atoms with Crippen LogP contribution in [0.15, 0.2) is 52.0 Å². The van der Waals surface area contributed by atoms with Crippen LogP contribution in [0.4, 0.5) is 4.39 Å². The fourth-order valence-corrected chi connectivity index (χ4v) is 3.15. The van der Waals surface area contributed by atoms with Crippen LogP contribution in [-0.4, -0.2) is 30.7 Å². The molecule has 6 nitrogen and oxygen atoms in total. The molecule has 166 valence electrons. The van der Waals surface area contributed by atoms with Crippen molar-refractivity contribution < 1.29 is 18.7 Å². The average Bonchev–Trinajstić information content (AvgIpc) is 2.73. The minimum atomic E-state index is -0.796. The largest absolute Gasteiger partial charge is 0.492 e. The van der Waals surface area contributed by atoms with Gasteiger partial charge in [0.25, 0.3) is 11.8 Å². The van der Waals surface area contributed by atoms with Gasteiger partial charge in [0, 0.05) is 5.56 Å². The Labute approximate surface area is 190 Å². The molecule has 0 fully saturated rings. The van der Waals surface area contributed by atoms with Crippen molar-refractivity contribution in [3.8, 4) is 5.75 Å². The third kappa shape index (κ3) is 7.79. The van der Waals surface area contributed by atoms with Crippen LogP contribution < -0.4 is 15.5 Å². The van der Waals surface area contributed by atoms with Crippen molar-refractivity contribution in [1.29, 1.82) is 0 Å². The molecule has 0 saturated heterocycles. The van der Waals surface area contributed by atoms with E-state index >= 15 is 0 Å². The van der Waals surface area contributed by atoms with E-state index in [2.05, 4.69) is 38.7 Å². The van der Waals surface area contributed by atoms with Gasteiger partial charge in [-0.1, -0.05) is 27.2 Å². The molecular formula is C23H27BrFN3O3. The minimum absolute atomic E-state index is 0.173. The Kier molecular flexibility index (Phi) is 9.65. The Balaban J connectivity index is 1.96. The fourth-order valence-electron chi connectivity index (χ4n) is 2.64. The average molecular weight is 492 g/mol. The zero-order valence-corrected chi connectivity index (χ0v) is 19.4. The second-order valence-electron chi connectivity index (χ2n) is 7.33. The van der Waals surface area contributed by atoms with Gasteiger partial charge in [-0.15, -0.1) is 0 Å². The molecular weight excluding hydrogens is 465 g/mol. The summed E-state index contributed by atoms with van der Waals surface area (Å²) in [6.07, 6.45) is 3.55. The van der Waals surface area contributed by atoms with E-state index in [1.54, 1.807) is 0 Å². The van der Waals surface area contributed by atoms with Crippen molar-refractivity contribution in [1.82, 2.24) is 10.7 Å². The fraction of sp³-hybridized carbons (Fsp3) is 0.348. The van der Waals surface area contributed by atoms with Gasteiger partial charge in [-0.3, -0.25) is 9.59 Å². The van der Waals surface area contributed by atoms with Crippen molar-refractivity contribution in [2.24, 2.45) is 11.0 Å². The lowest BCUT2D eigenvalue weighted by Gasteiger charge is -2.20. The zero-order chi connectivity index (χ0) is 22.8. The maximum absolute atomic E-state index is 13.0. The second kappa shape index (κ2) is 12.2. The molecule has 8 heteroatoms. The van der Waals surface area contributed by atoms with E-state index < -0.39 is 23.7 Å². The highest BCUT2D eigenvalue weighted by Gasteiger charge is 2.24. The first kappa shape index (κ1) is 24.5. The zero-order valence-electron chi connectivity index (χ0n) is 17.8. The van der Waals surface area contributed by atoms with Crippen molar-refractivity contribution in [2.75, 3.05) is 6.61 Å². The van der Waals surface area contributed by atoms with Gasteiger partial charge in [0.2, 0.25) is 0 Å². The molecule has 0 bridgehead atoms. The molecule has 1 atom stereocenters. The van der Waals surface area contributed by atoms with Gasteiger partial charge < -0.3 is 10.1 Å². The number of amides is 2. The van der Waals surface area contributed by atoms with Crippen molar-refractivity contribution in [2.45, 2.75) is 39.7 Å². The van der Waals surface area contributed by atoms with Crippen LogP contribution in [-0.2, 0) is 4.79 Å². The van der Waals surface area contributed by atoms with E-state index in [0.29, 0.717) is 6.61 Å². The van der Waals surface area contributed by atoms with E-state index in [0.717, 1.165) is 28.6 Å². The standard InChI is InChI=1S/C23H27BrFN3O3/c1-4-5-12-31-20-11-6-16(13-19(20)24)14-26-28-23(30)21(15(2)3)27-22(29)17-7-9-18(25)10-8-17/h6-11,13-15,21H,4-5,12H2,1-3H3,(H,27,29)(H,28,30)/b26-14+. The lowest BCUT2D eigenvalue weighted by Crippen LogP contribution is -2.48. The number of halogens is 2. The highest BCUT2D eigenvalue weighted by molar-refractivity contribution is 9.10. The van der Waals surface area contributed by atoms with Gasteiger partial charge in [-0.2, -0.15) is 5.10 Å². The Morgan fingerprint density at radius 1 is 1.19 bits per heavy atom. The van der Waals surface area contributed by atoms with Crippen molar-refractivity contribution in [3.63, 3.8) is 0 Å². The van der Waals surface area contributed by atoms with Crippen LogP contribution in [0.25, 0.3) is 0 Å². The molecule has 2 N–H and O–H groups in total. The summed E-state index contributed by atoms with van der Waals surface area (Å²) in [4.78, 5) is 24.9. The molecule has 0 heterocycles. The van der Waals surface area contributed by atoms with E-state index in [4.69, 9.17) is 4.74 Å². The van der Waals surface area contributed by atoms with E-state index in [1.807, 2.05) is 32.0 Å². The smallest absolute Gasteiger partial charge is 0.262 e. The Hall–Kier alpha value is -2.74. The molecule has 2 rings (SSSR count). The molecule has 2 amide bonds. The summed E-state index contributed by atoms with van der Waals surface area (Å²) in [7, 11) is 0. The monoisotopic (exact) mass is 491 g/mol. The maximum atomic E-state index is 13.0. The molecule has 0 spiro atoms. The number of hydrazone groups is 1. The van der Waals surface area contributed by atoms with Gasteiger partial charge in [-0.05, 0) is 76.3 Å². The quantitative estimate of drug-likeness (QED) is 0.287. The van der Waals surface area contributed by atoms with Gasteiger partial charge in [0.1, 0.15) is 17.6 Å².